The smallest absolute Gasteiger partial charge is 0.122 e. The Bertz CT molecular complexity index is 637. The normalized spacial score (nSPS) is 20.7. The van der Waals surface area contributed by atoms with Crippen LogP contribution in [0.4, 0.5) is 0 Å². The van der Waals surface area contributed by atoms with Crippen molar-refractivity contribution in [3.8, 4) is 0 Å². The summed E-state index contributed by atoms with van der Waals surface area (Å²) in [5.41, 5.74) is 2.66. The molecular weight excluding hydrogens is 282 g/mol. The van der Waals surface area contributed by atoms with Crippen LogP contribution in [0.2, 0.25) is 0 Å². The Labute approximate surface area is 139 Å². The Balaban J connectivity index is 1.64. The number of hydrogen-bond acceptors (Lipinski definition) is 2. The minimum absolute atomic E-state index is 0.381. The lowest BCUT2D eigenvalue weighted by molar-refractivity contribution is 0.172. The fraction of sp³-hybridized carbons (Fsp3) is 0.333. The molecule has 0 fully saturated rings. The van der Waals surface area contributed by atoms with Gasteiger partial charge in [0.1, 0.15) is 5.76 Å². The van der Waals surface area contributed by atoms with E-state index in [2.05, 4.69) is 85.8 Å². The van der Waals surface area contributed by atoms with E-state index in [0.717, 1.165) is 25.2 Å². The minimum atomic E-state index is 0.381. The first-order valence-electron chi connectivity index (χ1n) is 8.35. The molecule has 0 radical (unpaired) electrons. The van der Waals surface area contributed by atoms with Crippen molar-refractivity contribution in [2.45, 2.75) is 18.9 Å². The molecule has 2 heteroatoms. The van der Waals surface area contributed by atoms with E-state index >= 15 is 0 Å². The highest BCUT2D eigenvalue weighted by molar-refractivity contribution is 5.41. The van der Waals surface area contributed by atoms with Gasteiger partial charge in [-0.3, -0.25) is 0 Å². The molecular formula is C21H25NO. The lowest BCUT2D eigenvalue weighted by Gasteiger charge is -2.26. The third-order valence-electron chi connectivity index (χ3n) is 4.53. The number of nitrogens with zero attached hydrogens (tertiary/aromatic N) is 1. The first kappa shape index (κ1) is 15.8. The van der Waals surface area contributed by atoms with Gasteiger partial charge in [0.25, 0.3) is 0 Å². The molecule has 120 valence electrons. The molecule has 0 aromatic heterocycles. The standard InChI is InChI=1S/C21H25NO/c1-22(2)20(18-10-4-3-5-11-18)15-16-23-21-14-8-12-17-9-6-7-13-19(17)21/h3-11,13-14,17,20H,12,15-16H2,1-2H3. The molecule has 1 aromatic rings. The molecule has 0 saturated heterocycles. The highest BCUT2D eigenvalue weighted by atomic mass is 16.5. The first-order valence-corrected chi connectivity index (χ1v) is 8.35. The molecule has 23 heavy (non-hydrogen) atoms. The van der Waals surface area contributed by atoms with Gasteiger partial charge in [-0.15, -0.1) is 0 Å². The second-order valence-electron chi connectivity index (χ2n) is 6.34. The summed E-state index contributed by atoms with van der Waals surface area (Å²) >= 11 is 0. The van der Waals surface area contributed by atoms with Gasteiger partial charge >= 0.3 is 0 Å². The topological polar surface area (TPSA) is 12.5 Å². The highest BCUT2D eigenvalue weighted by Gasteiger charge is 2.19. The molecule has 2 unspecified atom stereocenters. The van der Waals surface area contributed by atoms with E-state index in [9.17, 15) is 0 Å². The van der Waals surface area contributed by atoms with Crippen molar-refractivity contribution in [3.63, 3.8) is 0 Å². The van der Waals surface area contributed by atoms with Gasteiger partial charge in [-0.05, 0) is 32.2 Å². The second kappa shape index (κ2) is 7.47. The van der Waals surface area contributed by atoms with Crippen LogP contribution >= 0.6 is 0 Å². The van der Waals surface area contributed by atoms with Crippen molar-refractivity contribution in [3.05, 3.63) is 83.7 Å². The Morgan fingerprint density at radius 2 is 1.96 bits per heavy atom. The molecule has 0 aliphatic heterocycles. The molecule has 1 aromatic carbocycles. The average molecular weight is 307 g/mol. The zero-order chi connectivity index (χ0) is 16.1. The van der Waals surface area contributed by atoms with E-state index in [1.807, 2.05) is 0 Å². The van der Waals surface area contributed by atoms with Crippen molar-refractivity contribution < 1.29 is 4.74 Å². The van der Waals surface area contributed by atoms with Crippen LogP contribution in [0.5, 0.6) is 0 Å². The molecule has 3 rings (SSSR count). The summed E-state index contributed by atoms with van der Waals surface area (Å²) in [6.45, 7) is 0.727. The molecule has 2 atom stereocenters. The van der Waals surface area contributed by atoms with Crippen molar-refractivity contribution in [1.82, 2.24) is 4.90 Å². The minimum Gasteiger partial charge on any atom is -0.493 e. The Kier molecular flexibility index (Phi) is 5.14. The van der Waals surface area contributed by atoms with Crippen molar-refractivity contribution in [1.29, 1.82) is 0 Å². The van der Waals surface area contributed by atoms with Crippen LogP contribution in [0.3, 0.4) is 0 Å². The fourth-order valence-corrected chi connectivity index (χ4v) is 3.28. The van der Waals surface area contributed by atoms with Crippen LogP contribution in [0, 0.1) is 5.92 Å². The lowest BCUT2D eigenvalue weighted by atomic mass is 9.87. The van der Waals surface area contributed by atoms with Crippen LogP contribution in [0.1, 0.15) is 24.4 Å². The van der Waals surface area contributed by atoms with E-state index < -0.39 is 0 Å². The largest absolute Gasteiger partial charge is 0.493 e. The number of benzene rings is 1. The Morgan fingerprint density at radius 1 is 1.13 bits per heavy atom. The van der Waals surface area contributed by atoms with Crippen LogP contribution in [-0.4, -0.2) is 25.6 Å². The van der Waals surface area contributed by atoms with Gasteiger partial charge in [-0.25, -0.2) is 0 Å². The van der Waals surface area contributed by atoms with E-state index in [1.54, 1.807) is 0 Å². The summed E-state index contributed by atoms with van der Waals surface area (Å²) in [5, 5.41) is 0. The number of ether oxygens (including phenoxy) is 1. The number of allylic oxidation sites excluding steroid dienone is 7. The number of rotatable bonds is 6. The third kappa shape index (κ3) is 3.83. The Hall–Kier alpha value is -2.06. The van der Waals surface area contributed by atoms with Gasteiger partial charge in [-0.1, -0.05) is 60.7 Å². The lowest BCUT2D eigenvalue weighted by Crippen LogP contribution is -2.21. The highest BCUT2D eigenvalue weighted by Crippen LogP contribution is 2.31. The first-order chi connectivity index (χ1) is 11.3. The average Bonchev–Trinajstić information content (AvgIpc) is 2.59. The van der Waals surface area contributed by atoms with Gasteiger partial charge < -0.3 is 9.64 Å². The summed E-state index contributed by atoms with van der Waals surface area (Å²) in [6, 6.07) is 11.0. The van der Waals surface area contributed by atoms with Gasteiger partial charge in [0.05, 0.1) is 6.61 Å². The fourth-order valence-electron chi connectivity index (χ4n) is 3.28. The zero-order valence-corrected chi connectivity index (χ0v) is 14.0. The third-order valence-corrected chi connectivity index (χ3v) is 4.53. The quantitative estimate of drug-likeness (QED) is 0.758. The molecule has 2 aliphatic carbocycles. The summed E-state index contributed by atoms with van der Waals surface area (Å²) in [4.78, 5) is 2.26. The molecule has 2 nitrogen and oxygen atoms in total. The van der Waals surface area contributed by atoms with E-state index in [4.69, 9.17) is 4.74 Å². The van der Waals surface area contributed by atoms with Crippen molar-refractivity contribution in [2.75, 3.05) is 20.7 Å². The van der Waals surface area contributed by atoms with Gasteiger partial charge in [0.2, 0.25) is 0 Å². The molecule has 0 spiro atoms. The predicted molar refractivity (Wildman–Crippen MR) is 96.0 cm³/mol. The second-order valence-corrected chi connectivity index (χ2v) is 6.34. The van der Waals surface area contributed by atoms with Crippen LogP contribution in [0.25, 0.3) is 0 Å². The zero-order valence-electron chi connectivity index (χ0n) is 14.0. The molecule has 0 heterocycles. The predicted octanol–water partition coefficient (Wildman–Crippen LogP) is 4.65. The summed E-state index contributed by atoms with van der Waals surface area (Å²) < 4.78 is 6.14. The summed E-state index contributed by atoms with van der Waals surface area (Å²) in [7, 11) is 4.26. The maximum Gasteiger partial charge on any atom is 0.122 e. The van der Waals surface area contributed by atoms with E-state index in [1.165, 1.54) is 11.1 Å². The summed E-state index contributed by atoms with van der Waals surface area (Å²) in [5.74, 6) is 1.52. The molecule has 0 N–H and O–H groups in total. The van der Waals surface area contributed by atoms with Crippen molar-refractivity contribution in [2.24, 2.45) is 5.92 Å². The Morgan fingerprint density at radius 3 is 2.74 bits per heavy atom. The SMILES string of the molecule is CN(C)C(CCOC1=C2C=CC=CC2CC=C1)c1ccccc1. The molecule has 2 aliphatic rings. The number of fused-ring (bicyclic) bond motifs is 1. The maximum atomic E-state index is 6.14. The van der Waals surface area contributed by atoms with E-state index in [0.29, 0.717) is 12.0 Å². The molecule has 0 bridgehead atoms. The monoisotopic (exact) mass is 307 g/mol. The van der Waals surface area contributed by atoms with E-state index in [-0.39, 0.29) is 0 Å². The van der Waals surface area contributed by atoms with Crippen LogP contribution in [-0.2, 0) is 4.74 Å². The van der Waals surface area contributed by atoms with Crippen LogP contribution in [0.15, 0.2) is 78.1 Å². The molecule has 0 amide bonds. The maximum absolute atomic E-state index is 6.14. The molecule has 0 saturated carbocycles. The van der Waals surface area contributed by atoms with Crippen molar-refractivity contribution >= 4 is 0 Å². The van der Waals surface area contributed by atoms with Gasteiger partial charge in [-0.2, -0.15) is 0 Å². The van der Waals surface area contributed by atoms with Gasteiger partial charge in [0, 0.05) is 24.0 Å². The van der Waals surface area contributed by atoms with Gasteiger partial charge in [0.15, 0.2) is 0 Å². The number of hydrogen-bond donors (Lipinski definition) is 0. The summed E-state index contributed by atoms with van der Waals surface area (Å²) in [6.07, 6.45) is 15.1. The van der Waals surface area contributed by atoms with Crippen LogP contribution < -0.4 is 0 Å².